The van der Waals surface area contributed by atoms with Gasteiger partial charge in [-0.15, -0.1) is 0 Å². The quantitative estimate of drug-likeness (QED) is 0.809. The highest BCUT2D eigenvalue weighted by atomic mass is 15.0. The molecule has 2 nitrogen and oxygen atoms in total. The molecule has 0 aromatic carbocycles. The fraction of sp³-hybridized carbons (Fsp3) is 0.714. The van der Waals surface area contributed by atoms with Crippen molar-refractivity contribution in [2.45, 2.75) is 60.0 Å². The maximum atomic E-state index is 3.47. The zero-order valence-corrected chi connectivity index (χ0v) is 11.6. The summed E-state index contributed by atoms with van der Waals surface area (Å²) in [5.74, 6) is 0. The summed E-state index contributed by atoms with van der Waals surface area (Å²) in [6.07, 6.45) is 1.13. The van der Waals surface area contributed by atoms with Crippen LogP contribution in [0.15, 0.2) is 6.07 Å². The summed E-state index contributed by atoms with van der Waals surface area (Å²) in [4.78, 5) is 0. The number of rotatable bonds is 5. The molecule has 0 radical (unpaired) electrons. The van der Waals surface area contributed by atoms with Gasteiger partial charge in [0.2, 0.25) is 0 Å². The lowest BCUT2D eigenvalue weighted by molar-refractivity contribution is 0.567. The Hall–Kier alpha value is -0.760. The van der Waals surface area contributed by atoms with Crippen LogP contribution in [0.5, 0.6) is 0 Å². The van der Waals surface area contributed by atoms with E-state index in [0.717, 1.165) is 13.0 Å². The van der Waals surface area contributed by atoms with Crippen molar-refractivity contribution in [1.29, 1.82) is 0 Å². The van der Waals surface area contributed by atoms with Crippen molar-refractivity contribution in [2.75, 3.05) is 6.54 Å². The molecule has 0 aliphatic heterocycles. The SMILES string of the molecule is Cc1cc(CCNC(C)C)c(C)n1C(C)C. The van der Waals surface area contributed by atoms with Gasteiger partial charge in [-0.05, 0) is 52.3 Å². The molecular formula is C14H26N2. The van der Waals surface area contributed by atoms with Gasteiger partial charge in [-0.25, -0.2) is 0 Å². The fourth-order valence-corrected chi connectivity index (χ4v) is 2.39. The smallest absolute Gasteiger partial charge is 0.0279 e. The normalized spacial score (nSPS) is 11.8. The van der Waals surface area contributed by atoms with Gasteiger partial charge >= 0.3 is 0 Å². The van der Waals surface area contributed by atoms with Gasteiger partial charge in [0.05, 0.1) is 0 Å². The Kier molecular flexibility index (Phi) is 4.60. The second-order valence-electron chi connectivity index (χ2n) is 5.22. The van der Waals surface area contributed by atoms with Crippen LogP contribution in [0, 0.1) is 13.8 Å². The third-order valence-electron chi connectivity index (χ3n) is 3.05. The highest BCUT2D eigenvalue weighted by molar-refractivity contribution is 5.27. The Morgan fingerprint density at radius 2 is 1.81 bits per heavy atom. The first kappa shape index (κ1) is 13.3. The molecule has 0 saturated heterocycles. The van der Waals surface area contributed by atoms with E-state index in [0.29, 0.717) is 12.1 Å². The number of hydrogen-bond acceptors (Lipinski definition) is 1. The first-order valence-electron chi connectivity index (χ1n) is 6.34. The number of hydrogen-bond donors (Lipinski definition) is 1. The minimum Gasteiger partial charge on any atom is -0.346 e. The maximum Gasteiger partial charge on any atom is 0.0279 e. The molecule has 1 aromatic rings. The van der Waals surface area contributed by atoms with E-state index in [1.807, 2.05) is 0 Å². The van der Waals surface area contributed by atoms with E-state index >= 15 is 0 Å². The molecule has 0 aliphatic rings. The molecule has 0 unspecified atom stereocenters. The van der Waals surface area contributed by atoms with Crippen LogP contribution in [0.3, 0.4) is 0 Å². The zero-order valence-electron chi connectivity index (χ0n) is 11.6. The topological polar surface area (TPSA) is 17.0 Å². The van der Waals surface area contributed by atoms with Gasteiger partial charge in [0.15, 0.2) is 0 Å². The van der Waals surface area contributed by atoms with Gasteiger partial charge < -0.3 is 9.88 Å². The summed E-state index contributed by atoms with van der Waals surface area (Å²) in [5, 5.41) is 3.47. The third kappa shape index (κ3) is 3.11. The van der Waals surface area contributed by atoms with Crippen molar-refractivity contribution in [3.63, 3.8) is 0 Å². The van der Waals surface area contributed by atoms with Crippen LogP contribution in [-0.4, -0.2) is 17.2 Å². The van der Waals surface area contributed by atoms with Crippen molar-refractivity contribution in [2.24, 2.45) is 0 Å². The molecule has 0 amide bonds. The Morgan fingerprint density at radius 3 is 2.25 bits per heavy atom. The molecule has 0 bridgehead atoms. The van der Waals surface area contributed by atoms with Crippen LogP contribution >= 0.6 is 0 Å². The molecular weight excluding hydrogens is 196 g/mol. The lowest BCUT2D eigenvalue weighted by Gasteiger charge is -2.14. The molecule has 1 rings (SSSR count). The number of nitrogens with zero attached hydrogens (tertiary/aromatic N) is 1. The minimum absolute atomic E-state index is 0.562. The molecule has 0 fully saturated rings. The zero-order chi connectivity index (χ0) is 12.3. The van der Waals surface area contributed by atoms with Crippen LogP contribution in [0.2, 0.25) is 0 Å². The lowest BCUT2D eigenvalue weighted by atomic mass is 10.1. The second kappa shape index (κ2) is 5.53. The molecule has 1 aromatic heterocycles. The summed E-state index contributed by atoms with van der Waals surface area (Å²) >= 11 is 0. The highest BCUT2D eigenvalue weighted by Crippen LogP contribution is 2.20. The van der Waals surface area contributed by atoms with E-state index < -0.39 is 0 Å². The summed E-state index contributed by atoms with van der Waals surface area (Å²) in [5.41, 5.74) is 4.30. The second-order valence-corrected chi connectivity index (χ2v) is 5.22. The van der Waals surface area contributed by atoms with E-state index in [1.165, 1.54) is 17.0 Å². The van der Waals surface area contributed by atoms with E-state index in [1.54, 1.807) is 0 Å². The van der Waals surface area contributed by atoms with Crippen LogP contribution in [-0.2, 0) is 6.42 Å². The van der Waals surface area contributed by atoms with Gasteiger partial charge in [-0.3, -0.25) is 0 Å². The minimum atomic E-state index is 0.562. The Morgan fingerprint density at radius 1 is 1.19 bits per heavy atom. The first-order chi connectivity index (χ1) is 7.43. The summed E-state index contributed by atoms with van der Waals surface area (Å²) in [6, 6.07) is 3.47. The van der Waals surface area contributed by atoms with E-state index in [9.17, 15) is 0 Å². The lowest BCUT2D eigenvalue weighted by Crippen LogP contribution is -2.25. The predicted octanol–water partition coefficient (Wildman–Crippen LogP) is 3.23. The Balaban J connectivity index is 2.71. The molecule has 92 valence electrons. The van der Waals surface area contributed by atoms with Crippen molar-refractivity contribution < 1.29 is 0 Å². The van der Waals surface area contributed by atoms with Crippen molar-refractivity contribution in [3.8, 4) is 0 Å². The molecule has 0 aliphatic carbocycles. The van der Waals surface area contributed by atoms with Gasteiger partial charge in [0.1, 0.15) is 0 Å². The van der Waals surface area contributed by atoms with Crippen LogP contribution in [0.25, 0.3) is 0 Å². The summed E-state index contributed by atoms with van der Waals surface area (Å²) in [6.45, 7) is 14.4. The van der Waals surface area contributed by atoms with E-state index in [-0.39, 0.29) is 0 Å². The molecule has 1 N–H and O–H groups in total. The summed E-state index contributed by atoms with van der Waals surface area (Å²) in [7, 11) is 0. The highest BCUT2D eigenvalue weighted by Gasteiger charge is 2.10. The summed E-state index contributed by atoms with van der Waals surface area (Å²) < 4.78 is 2.42. The number of nitrogens with one attached hydrogen (secondary N) is 1. The molecule has 16 heavy (non-hydrogen) atoms. The predicted molar refractivity (Wildman–Crippen MR) is 71.1 cm³/mol. The van der Waals surface area contributed by atoms with E-state index in [2.05, 4.69) is 57.5 Å². The molecule has 0 spiro atoms. The largest absolute Gasteiger partial charge is 0.346 e. The first-order valence-corrected chi connectivity index (χ1v) is 6.34. The van der Waals surface area contributed by atoms with Crippen LogP contribution in [0.4, 0.5) is 0 Å². The molecule has 0 atom stereocenters. The van der Waals surface area contributed by atoms with Crippen LogP contribution < -0.4 is 5.32 Å². The number of aryl methyl sites for hydroxylation is 1. The van der Waals surface area contributed by atoms with E-state index in [4.69, 9.17) is 0 Å². The van der Waals surface area contributed by atoms with Gasteiger partial charge in [-0.2, -0.15) is 0 Å². The average Bonchev–Trinajstić information content (AvgIpc) is 2.41. The average molecular weight is 222 g/mol. The standard InChI is InChI=1S/C14H26N2/c1-10(2)15-8-7-14-9-12(5)16(11(3)4)13(14)6/h9-11,15H,7-8H2,1-6H3. The fourth-order valence-electron chi connectivity index (χ4n) is 2.39. The Bertz CT molecular complexity index is 335. The van der Waals surface area contributed by atoms with Gasteiger partial charge in [0, 0.05) is 23.5 Å². The van der Waals surface area contributed by atoms with Gasteiger partial charge in [-0.1, -0.05) is 13.8 Å². The number of aromatic nitrogens is 1. The molecule has 1 heterocycles. The van der Waals surface area contributed by atoms with Crippen molar-refractivity contribution >= 4 is 0 Å². The Labute approximate surface area is 100 Å². The monoisotopic (exact) mass is 222 g/mol. The van der Waals surface area contributed by atoms with Crippen molar-refractivity contribution in [1.82, 2.24) is 9.88 Å². The maximum absolute atomic E-state index is 3.47. The van der Waals surface area contributed by atoms with Gasteiger partial charge in [0.25, 0.3) is 0 Å². The van der Waals surface area contributed by atoms with Crippen molar-refractivity contribution in [3.05, 3.63) is 23.0 Å². The third-order valence-corrected chi connectivity index (χ3v) is 3.05. The van der Waals surface area contributed by atoms with Crippen LogP contribution in [0.1, 0.15) is 50.7 Å². The molecule has 0 saturated carbocycles. The molecule has 2 heteroatoms.